The molecular formula is C6H10N2O4S. The van der Waals surface area contributed by atoms with E-state index >= 15 is 0 Å². The van der Waals surface area contributed by atoms with Crippen LogP contribution in [0, 0.1) is 0 Å². The van der Waals surface area contributed by atoms with Crippen LogP contribution in [0.4, 0.5) is 0 Å². The number of rotatable bonds is 3. The molecule has 1 aromatic heterocycles. The van der Waals surface area contributed by atoms with Crippen molar-refractivity contribution in [1.82, 2.24) is 10.1 Å². The number of hydrogen-bond acceptors (Lipinski definition) is 6. The topological polar surface area (TPSA) is 93.3 Å². The molecule has 0 amide bonds. The monoisotopic (exact) mass is 206 g/mol. The molecule has 0 saturated carbocycles. The van der Waals surface area contributed by atoms with Crippen LogP contribution in [-0.4, -0.2) is 29.9 Å². The Morgan fingerprint density at radius 1 is 1.62 bits per heavy atom. The first-order valence-electron chi connectivity index (χ1n) is 3.57. The summed E-state index contributed by atoms with van der Waals surface area (Å²) in [6.45, 7) is 1.46. The fourth-order valence-electron chi connectivity index (χ4n) is 0.730. The van der Waals surface area contributed by atoms with E-state index in [0.29, 0.717) is 0 Å². The van der Waals surface area contributed by atoms with Crippen molar-refractivity contribution >= 4 is 9.84 Å². The third-order valence-electron chi connectivity index (χ3n) is 1.23. The van der Waals surface area contributed by atoms with E-state index in [4.69, 9.17) is 5.11 Å². The minimum absolute atomic E-state index is 0.0265. The van der Waals surface area contributed by atoms with Gasteiger partial charge in [-0.2, -0.15) is 4.98 Å². The average Bonchev–Trinajstić information content (AvgIpc) is 2.31. The molecule has 0 aliphatic rings. The first-order valence-corrected chi connectivity index (χ1v) is 5.63. The number of aliphatic hydroxyl groups is 1. The summed E-state index contributed by atoms with van der Waals surface area (Å²) in [7, 11) is -3.16. The second-order valence-corrected chi connectivity index (χ2v) is 4.94. The van der Waals surface area contributed by atoms with Crippen molar-refractivity contribution in [2.24, 2.45) is 0 Å². The van der Waals surface area contributed by atoms with Gasteiger partial charge in [-0.3, -0.25) is 0 Å². The molecule has 0 saturated heterocycles. The zero-order valence-electron chi connectivity index (χ0n) is 7.26. The van der Waals surface area contributed by atoms with Crippen LogP contribution < -0.4 is 0 Å². The van der Waals surface area contributed by atoms with E-state index in [9.17, 15) is 8.42 Å². The van der Waals surface area contributed by atoms with Crippen molar-refractivity contribution in [3.05, 3.63) is 11.7 Å². The van der Waals surface area contributed by atoms with Crippen LogP contribution in [0.1, 0.15) is 24.7 Å². The molecule has 0 aromatic carbocycles. The highest BCUT2D eigenvalue weighted by atomic mass is 32.2. The van der Waals surface area contributed by atoms with Gasteiger partial charge in [-0.15, -0.1) is 0 Å². The van der Waals surface area contributed by atoms with Crippen LogP contribution in [-0.2, 0) is 15.6 Å². The third-order valence-corrected chi connectivity index (χ3v) is 2.02. The molecule has 13 heavy (non-hydrogen) atoms. The maximum atomic E-state index is 10.8. The molecule has 6 nitrogen and oxygen atoms in total. The molecule has 1 atom stereocenters. The molecule has 0 fully saturated rings. The predicted molar refractivity (Wildman–Crippen MR) is 43.5 cm³/mol. The largest absolute Gasteiger partial charge is 0.384 e. The SMILES string of the molecule is C[C@H](O)c1nc(CS(C)(=O)=O)no1. The smallest absolute Gasteiger partial charge is 0.255 e. The van der Waals surface area contributed by atoms with E-state index in [1.54, 1.807) is 0 Å². The van der Waals surface area contributed by atoms with Crippen molar-refractivity contribution in [3.8, 4) is 0 Å². The number of aliphatic hydroxyl groups excluding tert-OH is 1. The van der Waals surface area contributed by atoms with Gasteiger partial charge in [0.2, 0.25) is 0 Å². The van der Waals surface area contributed by atoms with Crippen LogP contribution in [0.2, 0.25) is 0 Å². The molecule has 0 radical (unpaired) electrons. The molecule has 0 unspecified atom stereocenters. The summed E-state index contributed by atoms with van der Waals surface area (Å²) in [5, 5.41) is 12.4. The van der Waals surface area contributed by atoms with E-state index < -0.39 is 15.9 Å². The van der Waals surface area contributed by atoms with E-state index in [2.05, 4.69) is 14.7 Å². The quantitative estimate of drug-likeness (QED) is 0.727. The lowest BCUT2D eigenvalue weighted by Gasteiger charge is -1.92. The predicted octanol–water partition coefficient (Wildman–Crippen LogP) is -0.333. The molecule has 0 aliphatic carbocycles. The zero-order valence-corrected chi connectivity index (χ0v) is 8.08. The molecule has 7 heteroatoms. The van der Waals surface area contributed by atoms with Crippen molar-refractivity contribution < 1.29 is 18.0 Å². The zero-order chi connectivity index (χ0) is 10.1. The Morgan fingerprint density at radius 3 is 2.62 bits per heavy atom. The molecule has 0 aliphatic heterocycles. The Balaban J connectivity index is 2.81. The van der Waals surface area contributed by atoms with Gasteiger partial charge in [-0.05, 0) is 6.92 Å². The average molecular weight is 206 g/mol. The fourth-order valence-corrected chi connectivity index (χ4v) is 1.32. The van der Waals surface area contributed by atoms with Crippen molar-refractivity contribution in [2.45, 2.75) is 18.8 Å². The highest BCUT2D eigenvalue weighted by Crippen LogP contribution is 2.09. The number of hydrogen-bond donors (Lipinski definition) is 1. The Hall–Kier alpha value is -0.950. The third kappa shape index (κ3) is 3.11. The van der Waals surface area contributed by atoms with E-state index in [1.165, 1.54) is 6.92 Å². The summed E-state index contributed by atoms with van der Waals surface area (Å²) in [6.07, 6.45) is 0.201. The number of nitrogens with zero attached hydrogens (tertiary/aromatic N) is 2. The Morgan fingerprint density at radius 2 is 2.23 bits per heavy atom. The first-order chi connectivity index (χ1) is 5.88. The number of aromatic nitrogens is 2. The first kappa shape index (κ1) is 10.1. The highest BCUT2D eigenvalue weighted by molar-refractivity contribution is 7.89. The lowest BCUT2D eigenvalue weighted by Crippen LogP contribution is -2.02. The summed E-state index contributed by atoms with van der Waals surface area (Å²) in [5.74, 6) is -0.180. The summed E-state index contributed by atoms with van der Waals surface area (Å²) >= 11 is 0. The van der Waals surface area contributed by atoms with Gasteiger partial charge >= 0.3 is 0 Å². The Labute approximate surface area is 75.5 Å². The normalized spacial score (nSPS) is 14.4. The maximum absolute atomic E-state index is 10.8. The van der Waals surface area contributed by atoms with Crippen molar-refractivity contribution in [3.63, 3.8) is 0 Å². The lowest BCUT2D eigenvalue weighted by atomic mass is 10.4. The van der Waals surface area contributed by atoms with E-state index in [-0.39, 0.29) is 17.5 Å². The number of sulfone groups is 1. The lowest BCUT2D eigenvalue weighted by molar-refractivity contribution is 0.151. The van der Waals surface area contributed by atoms with Crippen LogP contribution in [0.25, 0.3) is 0 Å². The molecular weight excluding hydrogens is 196 g/mol. The second-order valence-electron chi connectivity index (χ2n) is 2.79. The standard InChI is InChI=1S/C6H10N2O4S/c1-4(9)6-7-5(8-12-6)3-13(2,10)11/h4,9H,3H2,1-2H3/t4-/m0/s1. The van der Waals surface area contributed by atoms with Gasteiger partial charge in [0, 0.05) is 6.26 Å². The van der Waals surface area contributed by atoms with E-state index in [0.717, 1.165) is 6.26 Å². The second kappa shape index (κ2) is 3.43. The van der Waals surface area contributed by atoms with Crippen molar-refractivity contribution in [1.29, 1.82) is 0 Å². The summed E-state index contributed by atoms with van der Waals surface area (Å²) < 4.78 is 26.2. The molecule has 0 bridgehead atoms. The van der Waals surface area contributed by atoms with Crippen molar-refractivity contribution in [2.75, 3.05) is 6.26 Å². The van der Waals surface area contributed by atoms with Gasteiger partial charge in [0.25, 0.3) is 5.89 Å². The van der Waals surface area contributed by atoms with Gasteiger partial charge in [-0.25, -0.2) is 8.42 Å². The van der Waals surface area contributed by atoms with Gasteiger partial charge < -0.3 is 9.63 Å². The minimum atomic E-state index is -3.16. The Bertz CT molecular complexity index is 381. The molecule has 1 N–H and O–H groups in total. The summed E-state index contributed by atoms with van der Waals surface area (Å²) in [6, 6.07) is 0. The molecule has 1 heterocycles. The summed E-state index contributed by atoms with van der Waals surface area (Å²) in [4.78, 5) is 3.69. The van der Waals surface area contributed by atoms with Gasteiger partial charge in [-0.1, -0.05) is 5.16 Å². The van der Waals surface area contributed by atoms with Crippen LogP contribution in [0.3, 0.4) is 0 Å². The Kier molecular flexibility index (Phi) is 2.67. The maximum Gasteiger partial charge on any atom is 0.255 e. The minimum Gasteiger partial charge on any atom is -0.384 e. The van der Waals surface area contributed by atoms with Crippen LogP contribution in [0.5, 0.6) is 0 Å². The molecule has 0 spiro atoms. The van der Waals surface area contributed by atoms with Crippen LogP contribution in [0.15, 0.2) is 4.52 Å². The highest BCUT2D eigenvalue weighted by Gasteiger charge is 2.14. The van der Waals surface area contributed by atoms with E-state index in [1.807, 2.05) is 0 Å². The van der Waals surface area contributed by atoms with Gasteiger partial charge in [0.15, 0.2) is 15.7 Å². The fraction of sp³-hybridized carbons (Fsp3) is 0.667. The molecule has 74 valence electrons. The van der Waals surface area contributed by atoms with Gasteiger partial charge in [0.1, 0.15) is 11.9 Å². The van der Waals surface area contributed by atoms with Gasteiger partial charge in [0.05, 0.1) is 0 Å². The molecule has 1 rings (SSSR count). The molecule has 1 aromatic rings. The summed E-state index contributed by atoms with van der Waals surface area (Å²) in [5.41, 5.74) is 0. The van der Waals surface area contributed by atoms with Crippen LogP contribution >= 0.6 is 0 Å².